The maximum Gasteiger partial charge on any atom is 0.264 e. The number of nitrogens with two attached hydrogens (primary N) is 1. The Kier molecular flexibility index (Phi) is 5.34. The van der Waals surface area contributed by atoms with Gasteiger partial charge in [0.2, 0.25) is 5.91 Å². The predicted molar refractivity (Wildman–Crippen MR) is 52.2 cm³/mol. The van der Waals surface area contributed by atoms with Crippen molar-refractivity contribution in [3.05, 3.63) is 0 Å². The van der Waals surface area contributed by atoms with Crippen LogP contribution in [-0.2, 0) is 14.9 Å². The van der Waals surface area contributed by atoms with Crippen molar-refractivity contribution in [2.75, 3.05) is 5.75 Å². The normalized spacial score (nSPS) is 14.0. The zero-order valence-electron chi connectivity index (χ0n) is 7.01. The first-order valence-electron chi connectivity index (χ1n) is 3.73. The van der Waals surface area contributed by atoms with E-state index < -0.39 is 16.0 Å². The first-order valence-corrected chi connectivity index (χ1v) is 5.85. The molecule has 1 amide bonds. The molecule has 5 nitrogen and oxygen atoms in total. The molecular weight excluding hydrogens is 214 g/mol. The highest BCUT2D eigenvalue weighted by Gasteiger charge is 2.10. The highest BCUT2D eigenvalue weighted by molar-refractivity contribution is 7.85. The van der Waals surface area contributed by atoms with Gasteiger partial charge >= 0.3 is 0 Å². The van der Waals surface area contributed by atoms with Crippen molar-refractivity contribution in [1.82, 2.24) is 0 Å². The van der Waals surface area contributed by atoms with E-state index in [1.54, 1.807) is 0 Å². The van der Waals surface area contributed by atoms with Gasteiger partial charge in [-0.1, -0.05) is 0 Å². The van der Waals surface area contributed by atoms with Gasteiger partial charge in [-0.25, -0.2) is 0 Å². The summed E-state index contributed by atoms with van der Waals surface area (Å²) in [5.74, 6) is -0.772. The van der Waals surface area contributed by atoms with E-state index >= 15 is 0 Å². The Morgan fingerprint density at radius 2 is 2.00 bits per heavy atom. The molecule has 0 aliphatic heterocycles. The van der Waals surface area contributed by atoms with E-state index in [4.69, 9.17) is 10.3 Å². The summed E-state index contributed by atoms with van der Waals surface area (Å²) < 4.78 is 29.0. The van der Waals surface area contributed by atoms with Crippen LogP contribution < -0.4 is 5.73 Å². The summed E-state index contributed by atoms with van der Waals surface area (Å²) in [5, 5.41) is -0.227. The lowest BCUT2D eigenvalue weighted by Gasteiger charge is -2.06. The van der Waals surface area contributed by atoms with Gasteiger partial charge in [-0.3, -0.25) is 9.35 Å². The van der Waals surface area contributed by atoms with Crippen LogP contribution in [0.4, 0.5) is 0 Å². The molecule has 0 aliphatic rings. The van der Waals surface area contributed by atoms with Crippen LogP contribution in [0.2, 0.25) is 0 Å². The molecule has 0 aliphatic carbocycles. The molecule has 78 valence electrons. The number of thiol groups is 1. The fourth-order valence-electron chi connectivity index (χ4n) is 0.738. The maximum absolute atomic E-state index is 10.3. The van der Waals surface area contributed by atoms with E-state index in [9.17, 15) is 13.2 Å². The van der Waals surface area contributed by atoms with Crippen molar-refractivity contribution in [3.8, 4) is 0 Å². The van der Waals surface area contributed by atoms with Gasteiger partial charge in [0.05, 0.1) is 5.75 Å². The average Bonchev–Trinajstić information content (AvgIpc) is 1.95. The number of carbonyl (C=O) groups is 1. The molecule has 0 fully saturated rings. The van der Waals surface area contributed by atoms with E-state index in [1.165, 1.54) is 0 Å². The van der Waals surface area contributed by atoms with Crippen molar-refractivity contribution in [1.29, 1.82) is 0 Å². The standard InChI is InChI=1S/C6H13NO4S2/c7-6(8)2-1-5(12)3-4-13(9,10)11/h5,12H,1-4H2,(H2,7,8)(H,9,10,11). The smallest absolute Gasteiger partial charge is 0.264 e. The molecule has 0 aromatic carbocycles. The molecule has 7 heteroatoms. The van der Waals surface area contributed by atoms with Gasteiger partial charge in [-0.2, -0.15) is 21.0 Å². The molecule has 13 heavy (non-hydrogen) atoms. The van der Waals surface area contributed by atoms with Crippen molar-refractivity contribution >= 4 is 28.7 Å². The maximum atomic E-state index is 10.3. The Balaban J connectivity index is 3.64. The molecule has 0 aromatic heterocycles. The molecular formula is C6H13NO4S2. The molecule has 0 radical (unpaired) electrons. The quantitative estimate of drug-likeness (QED) is 0.433. The monoisotopic (exact) mass is 227 g/mol. The molecule has 0 spiro atoms. The Bertz CT molecular complexity index is 262. The topological polar surface area (TPSA) is 97.5 Å². The number of hydrogen-bond acceptors (Lipinski definition) is 4. The van der Waals surface area contributed by atoms with Crippen LogP contribution in [0.1, 0.15) is 19.3 Å². The van der Waals surface area contributed by atoms with Crippen LogP contribution in [0.25, 0.3) is 0 Å². The van der Waals surface area contributed by atoms with Gasteiger partial charge in [0, 0.05) is 11.7 Å². The average molecular weight is 227 g/mol. The number of carbonyl (C=O) groups excluding carboxylic acids is 1. The zero-order valence-corrected chi connectivity index (χ0v) is 8.72. The molecule has 1 unspecified atom stereocenters. The third-order valence-electron chi connectivity index (χ3n) is 1.43. The minimum Gasteiger partial charge on any atom is -0.370 e. The lowest BCUT2D eigenvalue weighted by atomic mass is 10.2. The highest BCUT2D eigenvalue weighted by atomic mass is 32.2. The Labute approximate surface area is 82.8 Å². The van der Waals surface area contributed by atoms with Crippen LogP contribution in [0.3, 0.4) is 0 Å². The number of primary amides is 1. The molecule has 0 bridgehead atoms. The first-order chi connectivity index (χ1) is 5.81. The first kappa shape index (κ1) is 12.7. The minimum atomic E-state index is -3.92. The van der Waals surface area contributed by atoms with Gasteiger partial charge < -0.3 is 5.73 Å². The summed E-state index contributed by atoms with van der Waals surface area (Å²) in [5.41, 5.74) is 4.88. The van der Waals surface area contributed by atoms with Gasteiger partial charge in [0.25, 0.3) is 10.1 Å². The summed E-state index contributed by atoms with van der Waals surface area (Å²) >= 11 is 4.03. The van der Waals surface area contributed by atoms with Crippen LogP contribution in [0.15, 0.2) is 0 Å². The fraction of sp³-hybridized carbons (Fsp3) is 0.833. The number of amides is 1. The van der Waals surface area contributed by atoms with Crippen molar-refractivity contribution in [2.24, 2.45) is 5.73 Å². The van der Waals surface area contributed by atoms with Gasteiger partial charge in [0.1, 0.15) is 0 Å². The number of rotatable bonds is 6. The van der Waals surface area contributed by atoms with E-state index in [-0.39, 0.29) is 23.8 Å². The van der Waals surface area contributed by atoms with Crippen molar-refractivity contribution in [3.63, 3.8) is 0 Å². The fourth-order valence-corrected chi connectivity index (χ4v) is 1.75. The van der Waals surface area contributed by atoms with Gasteiger partial charge in [0.15, 0.2) is 0 Å². The lowest BCUT2D eigenvalue weighted by Crippen LogP contribution is -2.15. The van der Waals surface area contributed by atoms with Crippen LogP contribution in [0.5, 0.6) is 0 Å². The Hall–Kier alpha value is -0.270. The summed E-state index contributed by atoms with van der Waals surface area (Å²) in [7, 11) is -3.92. The largest absolute Gasteiger partial charge is 0.370 e. The van der Waals surface area contributed by atoms with E-state index in [0.29, 0.717) is 6.42 Å². The third-order valence-corrected chi connectivity index (χ3v) is 2.70. The van der Waals surface area contributed by atoms with E-state index in [2.05, 4.69) is 12.6 Å². The molecule has 0 saturated carbocycles. The SMILES string of the molecule is NC(=O)CCC(S)CCS(=O)(=O)O. The third kappa shape index (κ3) is 9.65. The van der Waals surface area contributed by atoms with Gasteiger partial charge in [-0.05, 0) is 12.8 Å². The summed E-state index contributed by atoms with van der Waals surface area (Å²) in [6.45, 7) is 0. The zero-order chi connectivity index (χ0) is 10.5. The predicted octanol–water partition coefficient (Wildman–Crippen LogP) is -0.172. The second-order valence-electron chi connectivity index (χ2n) is 2.73. The Morgan fingerprint density at radius 1 is 1.46 bits per heavy atom. The second-order valence-corrected chi connectivity index (χ2v) is 5.04. The molecule has 0 aromatic rings. The molecule has 3 N–H and O–H groups in total. The minimum absolute atomic E-state index is 0.180. The molecule has 1 atom stereocenters. The summed E-state index contributed by atoms with van der Waals surface area (Å²) in [4.78, 5) is 10.3. The van der Waals surface area contributed by atoms with Crippen LogP contribution in [-0.4, -0.2) is 29.9 Å². The summed E-state index contributed by atoms with van der Waals surface area (Å²) in [6.07, 6.45) is 0.822. The van der Waals surface area contributed by atoms with Crippen LogP contribution >= 0.6 is 12.6 Å². The van der Waals surface area contributed by atoms with E-state index in [0.717, 1.165) is 0 Å². The highest BCUT2D eigenvalue weighted by Crippen LogP contribution is 2.09. The molecule has 0 rings (SSSR count). The van der Waals surface area contributed by atoms with Crippen molar-refractivity contribution < 1.29 is 17.8 Å². The molecule has 0 heterocycles. The number of hydrogen-bond donors (Lipinski definition) is 3. The molecule has 0 saturated heterocycles. The van der Waals surface area contributed by atoms with Crippen LogP contribution in [0, 0.1) is 0 Å². The lowest BCUT2D eigenvalue weighted by molar-refractivity contribution is -0.118. The Morgan fingerprint density at radius 3 is 2.38 bits per heavy atom. The summed E-state index contributed by atoms with van der Waals surface area (Å²) in [6, 6.07) is 0. The van der Waals surface area contributed by atoms with Gasteiger partial charge in [-0.15, -0.1) is 0 Å². The second kappa shape index (κ2) is 5.46. The van der Waals surface area contributed by atoms with E-state index in [1.807, 2.05) is 0 Å². The van der Waals surface area contributed by atoms with Crippen molar-refractivity contribution in [2.45, 2.75) is 24.5 Å².